The number of hydrogen-bond acceptors (Lipinski definition) is 5. The molecule has 0 aliphatic rings. The van der Waals surface area contributed by atoms with Gasteiger partial charge in [0.15, 0.2) is 0 Å². The van der Waals surface area contributed by atoms with Gasteiger partial charge in [0.05, 0.1) is 16.9 Å². The van der Waals surface area contributed by atoms with E-state index in [0.29, 0.717) is 5.56 Å². The van der Waals surface area contributed by atoms with Gasteiger partial charge < -0.3 is 0 Å². The normalized spacial score (nSPS) is 10.7. The molecular formula is C16H15N3O3S. The van der Waals surface area contributed by atoms with E-state index in [4.69, 9.17) is 0 Å². The number of hydrogen-bond donors (Lipinski definition) is 1. The van der Waals surface area contributed by atoms with Crippen LogP contribution in [0.3, 0.4) is 0 Å². The van der Waals surface area contributed by atoms with E-state index in [-0.39, 0.29) is 17.3 Å². The van der Waals surface area contributed by atoms with Crippen LogP contribution in [0.4, 0.5) is 5.69 Å². The van der Waals surface area contributed by atoms with Crippen LogP contribution in [0.15, 0.2) is 58.5 Å². The first-order chi connectivity index (χ1) is 11.0. The number of amides is 1. The fourth-order valence-electron chi connectivity index (χ4n) is 1.68. The van der Waals surface area contributed by atoms with Gasteiger partial charge >= 0.3 is 0 Å². The molecule has 0 atom stereocenters. The highest BCUT2D eigenvalue weighted by Gasteiger charge is 2.03. The number of benzene rings is 2. The molecule has 7 heteroatoms. The molecule has 0 fully saturated rings. The van der Waals surface area contributed by atoms with Crippen molar-refractivity contribution in [2.45, 2.75) is 11.8 Å². The van der Waals surface area contributed by atoms with Crippen LogP contribution >= 0.6 is 11.8 Å². The predicted octanol–water partition coefficient (Wildman–Crippen LogP) is 3.15. The Morgan fingerprint density at radius 1 is 1.22 bits per heavy atom. The van der Waals surface area contributed by atoms with Gasteiger partial charge in [-0.3, -0.25) is 14.9 Å². The van der Waals surface area contributed by atoms with E-state index in [2.05, 4.69) is 10.5 Å². The number of nitro groups is 1. The minimum Gasteiger partial charge on any atom is -0.272 e. The molecule has 1 amide bonds. The van der Waals surface area contributed by atoms with Crippen LogP contribution in [0, 0.1) is 17.0 Å². The highest BCUT2D eigenvalue weighted by Crippen LogP contribution is 2.17. The molecule has 1 N–H and O–H groups in total. The Labute approximate surface area is 137 Å². The van der Waals surface area contributed by atoms with Crippen LogP contribution < -0.4 is 5.43 Å². The van der Waals surface area contributed by atoms with E-state index in [0.717, 1.165) is 4.90 Å². The second kappa shape index (κ2) is 8.09. The highest BCUT2D eigenvalue weighted by atomic mass is 32.2. The largest absolute Gasteiger partial charge is 0.272 e. The predicted molar refractivity (Wildman–Crippen MR) is 90.7 cm³/mol. The van der Waals surface area contributed by atoms with Gasteiger partial charge in [-0.05, 0) is 36.8 Å². The van der Waals surface area contributed by atoms with Crippen LogP contribution in [0.5, 0.6) is 0 Å². The Hall–Kier alpha value is -2.67. The van der Waals surface area contributed by atoms with E-state index < -0.39 is 4.92 Å². The second-order valence-corrected chi connectivity index (χ2v) is 5.79. The molecule has 0 unspecified atom stereocenters. The molecule has 0 aromatic heterocycles. The third-order valence-corrected chi connectivity index (χ3v) is 3.91. The molecule has 2 aromatic rings. The summed E-state index contributed by atoms with van der Waals surface area (Å²) in [5.41, 5.74) is 4.28. The number of non-ortho nitro benzene ring substituents is 1. The van der Waals surface area contributed by atoms with Crippen LogP contribution in [-0.4, -0.2) is 22.8 Å². The van der Waals surface area contributed by atoms with Crippen molar-refractivity contribution >= 4 is 29.6 Å². The molecule has 6 nitrogen and oxygen atoms in total. The van der Waals surface area contributed by atoms with Crippen molar-refractivity contribution in [2.75, 3.05) is 5.75 Å². The fourth-order valence-corrected chi connectivity index (χ4v) is 2.37. The smallest absolute Gasteiger partial charge is 0.269 e. The molecule has 0 spiro atoms. The minimum atomic E-state index is -0.467. The van der Waals surface area contributed by atoms with Crippen molar-refractivity contribution in [2.24, 2.45) is 5.10 Å². The lowest BCUT2D eigenvalue weighted by Gasteiger charge is -2.01. The second-order valence-electron chi connectivity index (χ2n) is 4.74. The summed E-state index contributed by atoms with van der Waals surface area (Å²) >= 11 is 1.43. The summed E-state index contributed by atoms with van der Waals surface area (Å²) in [6.07, 6.45) is 1.44. The number of thioether (sulfide) groups is 1. The lowest BCUT2D eigenvalue weighted by Crippen LogP contribution is -2.19. The third-order valence-electron chi connectivity index (χ3n) is 2.90. The van der Waals surface area contributed by atoms with Gasteiger partial charge in [0.1, 0.15) is 0 Å². The Balaban J connectivity index is 1.79. The van der Waals surface area contributed by atoms with Crippen molar-refractivity contribution < 1.29 is 9.72 Å². The molecule has 23 heavy (non-hydrogen) atoms. The number of rotatable bonds is 6. The molecule has 2 aromatic carbocycles. The van der Waals surface area contributed by atoms with E-state index in [1.165, 1.54) is 35.7 Å². The Morgan fingerprint density at radius 3 is 2.48 bits per heavy atom. The van der Waals surface area contributed by atoms with Crippen molar-refractivity contribution in [1.29, 1.82) is 0 Å². The molecule has 118 valence electrons. The molecule has 0 heterocycles. The molecule has 0 aliphatic heterocycles. The molecule has 2 rings (SSSR count). The molecule has 0 bridgehead atoms. The molecule has 0 aliphatic carbocycles. The van der Waals surface area contributed by atoms with Gasteiger partial charge in [0.2, 0.25) is 5.91 Å². The van der Waals surface area contributed by atoms with E-state index in [9.17, 15) is 14.9 Å². The average molecular weight is 329 g/mol. The van der Waals surface area contributed by atoms with Crippen molar-refractivity contribution in [3.63, 3.8) is 0 Å². The summed E-state index contributed by atoms with van der Waals surface area (Å²) in [4.78, 5) is 22.8. The Bertz CT molecular complexity index is 712. The molecular weight excluding hydrogens is 314 g/mol. The Kier molecular flexibility index (Phi) is 5.87. The number of carbonyl (C=O) groups is 1. The van der Waals surface area contributed by atoms with Gasteiger partial charge in [0.25, 0.3) is 5.69 Å². The summed E-state index contributed by atoms with van der Waals surface area (Å²) in [6.45, 7) is 2.01. The maximum atomic E-state index is 11.7. The first kappa shape index (κ1) is 16.7. The lowest BCUT2D eigenvalue weighted by molar-refractivity contribution is -0.384. The van der Waals surface area contributed by atoms with Crippen LogP contribution in [0.2, 0.25) is 0 Å². The van der Waals surface area contributed by atoms with Crippen molar-refractivity contribution in [1.82, 2.24) is 5.43 Å². The van der Waals surface area contributed by atoms with Crippen LogP contribution in [0.25, 0.3) is 0 Å². The zero-order chi connectivity index (χ0) is 16.7. The first-order valence-corrected chi connectivity index (χ1v) is 7.79. The number of aryl methyl sites for hydroxylation is 1. The average Bonchev–Trinajstić information content (AvgIpc) is 2.55. The quantitative estimate of drug-likeness (QED) is 0.382. The highest BCUT2D eigenvalue weighted by molar-refractivity contribution is 8.00. The van der Waals surface area contributed by atoms with Gasteiger partial charge in [-0.2, -0.15) is 5.10 Å². The van der Waals surface area contributed by atoms with Gasteiger partial charge in [-0.25, -0.2) is 5.43 Å². The molecule has 0 saturated heterocycles. The van der Waals surface area contributed by atoms with E-state index >= 15 is 0 Å². The SMILES string of the molecule is Cc1ccc(SCC(=O)N/N=C/c2ccc([N+](=O)[O-])cc2)cc1. The topological polar surface area (TPSA) is 84.6 Å². The number of nitrogens with one attached hydrogen (secondary N) is 1. The van der Waals surface area contributed by atoms with Crippen molar-refractivity contribution in [3.05, 3.63) is 69.8 Å². The molecule has 0 radical (unpaired) electrons. The summed E-state index contributed by atoms with van der Waals surface area (Å²) in [6, 6.07) is 13.8. The maximum Gasteiger partial charge on any atom is 0.269 e. The monoisotopic (exact) mass is 329 g/mol. The fraction of sp³-hybridized carbons (Fsp3) is 0.125. The van der Waals surface area contributed by atoms with Crippen LogP contribution in [-0.2, 0) is 4.79 Å². The minimum absolute atomic E-state index is 0.0145. The summed E-state index contributed by atoms with van der Waals surface area (Å²) in [5, 5.41) is 14.4. The number of nitro benzene ring substituents is 1. The van der Waals surface area contributed by atoms with Gasteiger partial charge in [-0.1, -0.05) is 17.7 Å². The summed E-state index contributed by atoms with van der Waals surface area (Å²) in [5.74, 6) is 0.0504. The maximum absolute atomic E-state index is 11.7. The zero-order valence-corrected chi connectivity index (χ0v) is 13.2. The van der Waals surface area contributed by atoms with E-state index in [1.807, 2.05) is 31.2 Å². The Morgan fingerprint density at radius 2 is 1.87 bits per heavy atom. The lowest BCUT2D eigenvalue weighted by atomic mass is 10.2. The number of carbonyl (C=O) groups excluding carboxylic acids is 1. The third kappa shape index (κ3) is 5.55. The van der Waals surface area contributed by atoms with Crippen LogP contribution in [0.1, 0.15) is 11.1 Å². The number of hydrazone groups is 1. The van der Waals surface area contributed by atoms with E-state index in [1.54, 1.807) is 12.1 Å². The van der Waals surface area contributed by atoms with Gasteiger partial charge in [-0.15, -0.1) is 11.8 Å². The first-order valence-electron chi connectivity index (χ1n) is 6.80. The standard InChI is InChI=1S/C16H15N3O3S/c1-12-2-8-15(9-3-12)23-11-16(20)18-17-10-13-4-6-14(7-5-13)19(21)22/h2-10H,11H2,1H3,(H,18,20)/b17-10+. The zero-order valence-electron chi connectivity index (χ0n) is 12.4. The van der Waals surface area contributed by atoms with Crippen molar-refractivity contribution in [3.8, 4) is 0 Å². The summed E-state index contributed by atoms with van der Waals surface area (Å²) in [7, 11) is 0. The van der Waals surface area contributed by atoms with Gasteiger partial charge in [0, 0.05) is 17.0 Å². The summed E-state index contributed by atoms with van der Waals surface area (Å²) < 4.78 is 0. The molecule has 0 saturated carbocycles. The number of nitrogens with zero attached hydrogens (tertiary/aromatic N) is 2.